The quantitative estimate of drug-likeness (QED) is 0.123. The predicted octanol–water partition coefficient (Wildman–Crippen LogP) is 10.3. The number of carbonyl (C=O) groups excluding carboxylic acids is 1. The van der Waals surface area contributed by atoms with Crippen molar-refractivity contribution in [2.75, 3.05) is 26.2 Å². The standard InChI is InChI=1S/C21H39NO2.2C5H10.4CH3.2Fe/c23-15-9-3-1-2-4-14-21(24)18-22(16-19-10-5-6-11-19)17-20-12-7-8-13-20;2*1-2-4-5-3-1;;;;;;/h19-20,23H,1-18H2;2*1-5H2;4*1H3;;/q;;;4*-1;2*+2. The zero-order valence-corrected chi connectivity index (χ0v) is 29.7. The summed E-state index contributed by atoms with van der Waals surface area (Å²) in [5.74, 6) is 2.14. The van der Waals surface area contributed by atoms with E-state index in [9.17, 15) is 4.79 Å². The van der Waals surface area contributed by atoms with Crippen LogP contribution in [-0.2, 0) is 38.9 Å². The maximum atomic E-state index is 12.4. The van der Waals surface area contributed by atoms with E-state index < -0.39 is 0 Å². The van der Waals surface area contributed by atoms with E-state index in [4.69, 9.17) is 5.11 Å². The normalized spacial score (nSPS) is 17.8. The summed E-state index contributed by atoms with van der Waals surface area (Å²) in [5.41, 5.74) is 0. The maximum Gasteiger partial charge on any atom is 2.00 e. The number of nitrogens with zero attached hydrogens (tertiary/aromatic N) is 1. The predicted molar refractivity (Wildman–Crippen MR) is 172 cm³/mol. The Hall–Kier alpha value is 0.629. The monoisotopic (exact) mass is 649 g/mol. The topological polar surface area (TPSA) is 40.5 Å². The van der Waals surface area contributed by atoms with Gasteiger partial charge in [-0.25, -0.2) is 0 Å². The van der Waals surface area contributed by atoms with Crippen molar-refractivity contribution in [2.45, 2.75) is 154 Å². The van der Waals surface area contributed by atoms with E-state index in [2.05, 4.69) is 4.90 Å². The molecule has 1 N–H and O–H groups in total. The van der Waals surface area contributed by atoms with Gasteiger partial charge in [-0.05, 0) is 50.4 Å². The number of Topliss-reactive ketones (excluding diaryl/α,β-unsaturated/α-hetero) is 1. The van der Waals surface area contributed by atoms with Crippen LogP contribution in [0.5, 0.6) is 0 Å². The Morgan fingerprint density at radius 3 is 1.20 bits per heavy atom. The SMILES string of the molecule is C1CCCC1.C1CCCC1.O=C(CCCCCCCO)CN(CC1CCCC1)CC1CCCC1.[CH3-].[CH3-].[CH3-].[CH3-].[Fe+2].[Fe+2]. The van der Waals surface area contributed by atoms with Gasteiger partial charge in [0, 0.05) is 26.1 Å². The Morgan fingerprint density at radius 1 is 0.525 bits per heavy atom. The molecule has 0 saturated heterocycles. The Balaban J connectivity index is -0.000000216. The first kappa shape index (κ1) is 50.3. The first-order valence-electron chi connectivity index (χ1n) is 15.6. The van der Waals surface area contributed by atoms with Gasteiger partial charge in [-0.2, -0.15) is 0 Å². The van der Waals surface area contributed by atoms with Crippen molar-refractivity contribution in [3.05, 3.63) is 29.7 Å². The fourth-order valence-corrected chi connectivity index (χ4v) is 6.38. The van der Waals surface area contributed by atoms with Gasteiger partial charge < -0.3 is 34.8 Å². The van der Waals surface area contributed by atoms with Crippen LogP contribution in [0.25, 0.3) is 0 Å². The number of rotatable bonds is 13. The van der Waals surface area contributed by atoms with Crippen LogP contribution >= 0.6 is 0 Å². The molecule has 40 heavy (non-hydrogen) atoms. The number of aliphatic hydroxyl groups is 1. The van der Waals surface area contributed by atoms with E-state index in [0.717, 1.165) is 50.4 Å². The average molecular weight is 650 g/mol. The minimum Gasteiger partial charge on any atom is -0.396 e. The molecule has 4 aliphatic rings. The molecule has 5 heteroatoms. The minimum absolute atomic E-state index is 0. The van der Waals surface area contributed by atoms with Crippen LogP contribution in [-0.4, -0.2) is 42.0 Å². The molecule has 0 bridgehead atoms. The third kappa shape index (κ3) is 27.5. The van der Waals surface area contributed by atoms with Crippen molar-refractivity contribution in [3.63, 3.8) is 0 Å². The summed E-state index contributed by atoms with van der Waals surface area (Å²) in [6, 6.07) is 0. The summed E-state index contributed by atoms with van der Waals surface area (Å²) >= 11 is 0. The second kappa shape index (κ2) is 35.8. The molecule has 0 radical (unpaired) electrons. The number of ketones is 1. The summed E-state index contributed by atoms with van der Waals surface area (Å²) in [6.07, 6.45) is 32.2. The molecule has 0 aromatic rings. The smallest absolute Gasteiger partial charge is 0.396 e. The molecule has 244 valence electrons. The fourth-order valence-electron chi connectivity index (χ4n) is 6.38. The molecule has 0 atom stereocenters. The number of carbonyl (C=O) groups is 1. The fraction of sp³-hybridized carbons (Fsp3) is 0.857. The largest absolute Gasteiger partial charge is 2.00 e. The summed E-state index contributed by atoms with van der Waals surface area (Å²) in [4.78, 5) is 14.9. The summed E-state index contributed by atoms with van der Waals surface area (Å²) in [7, 11) is 0. The van der Waals surface area contributed by atoms with E-state index in [1.54, 1.807) is 0 Å². The van der Waals surface area contributed by atoms with Crippen LogP contribution < -0.4 is 0 Å². The molecule has 0 aliphatic heterocycles. The van der Waals surface area contributed by atoms with Crippen LogP contribution in [0.4, 0.5) is 0 Å². The molecule has 0 heterocycles. The minimum atomic E-state index is 0. The Bertz CT molecular complexity index is 429. The Kier molecular flexibility index (Phi) is 45.0. The second-order valence-corrected chi connectivity index (χ2v) is 11.8. The van der Waals surface area contributed by atoms with Crippen molar-refractivity contribution in [2.24, 2.45) is 11.8 Å². The van der Waals surface area contributed by atoms with Gasteiger partial charge in [0.25, 0.3) is 0 Å². The zero-order chi connectivity index (χ0) is 24.1. The van der Waals surface area contributed by atoms with Crippen LogP contribution in [0.15, 0.2) is 0 Å². The van der Waals surface area contributed by atoms with E-state index in [-0.39, 0.29) is 63.8 Å². The molecule has 4 saturated carbocycles. The number of hydrogen-bond acceptors (Lipinski definition) is 3. The molecule has 4 rings (SSSR count). The number of aliphatic hydroxyl groups excluding tert-OH is 1. The molecule has 0 aromatic heterocycles. The van der Waals surface area contributed by atoms with Crippen molar-refractivity contribution < 1.29 is 44.0 Å². The van der Waals surface area contributed by atoms with E-state index >= 15 is 0 Å². The maximum absolute atomic E-state index is 12.4. The molecule has 4 aliphatic carbocycles. The first-order valence-corrected chi connectivity index (χ1v) is 15.6. The van der Waals surface area contributed by atoms with Gasteiger partial charge in [0.1, 0.15) is 5.78 Å². The van der Waals surface area contributed by atoms with Crippen molar-refractivity contribution in [1.29, 1.82) is 0 Å². The molecular formula is C35H71Fe2NO2. The summed E-state index contributed by atoms with van der Waals surface area (Å²) in [5, 5.41) is 8.78. The Morgan fingerprint density at radius 2 is 0.850 bits per heavy atom. The van der Waals surface area contributed by atoms with Crippen molar-refractivity contribution in [3.8, 4) is 0 Å². The summed E-state index contributed by atoms with van der Waals surface area (Å²) < 4.78 is 0. The van der Waals surface area contributed by atoms with Crippen LogP contribution in [0.3, 0.4) is 0 Å². The van der Waals surface area contributed by atoms with E-state index in [1.807, 2.05) is 0 Å². The van der Waals surface area contributed by atoms with Crippen molar-refractivity contribution in [1.82, 2.24) is 4.90 Å². The van der Waals surface area contributed by atoms with E-state index in [0.29, 0.717) is 18.9 Å². The van der Waals surface area contributed by atoms with Gasteiger partial charge in [-0.3, -0.25) is 9.69 Å². The van der Waals surface area contributed by atoms with Gasteiger partial charge in [0.05, 0.1) is 6.54 Å². The van der Waals surface area contributed by atoms with Crippen LogP contribution in [0.2, 0.25) is 0 Å². The van der Waals surface area contributed by atoms with Gasteiger partial charge in [0.2, 0.25) is 0 Å². The second-order valence-electron chi connectivity index (χ2n) is 11.8. The molecule has 0 spiro atoms. The third-order valence-corrected chi connectivity index (χ3v) is 8.50. The number of hydrogen-bond donors (Lipinski definition) is 1. The van der Waals surface area contributed by atoms with Gasteiger partial charge >= 0.3 is 34.1 Å². The molecular weight excluding hydrogens is 578 g/mol. The Labute approximate surface area is 275 Å². The zero-order valence-electron chi connectivity index (χ0n) is 27.5. The molecule has 0 aromatic carbocycles. The van der Waals surface area contributed by atoms with Gasteiger partial charge in [0.15, 0.2) is 0 Å². The molecule has 0 amide bonds. The molecule has 4 fully saturated rings. The molecule has 3 nitrogen and oxygen atoms in total. The van der Waals surface area contributed by atoms with Crippen LogP contribution in [0.1, 0.15) is 154 Å². The third-order valence-electron chi connectivity index (χ3n) is 8.50. The van der Waals surface area contributed by atoms with Crippen molar-refractivity contribution >= 4 is 5.78 Å². The van der Waals surface area contributed by atoms with Crippen LogP contribution in [0, 0.1) is 41.5 Å². The van der Waals surface area contributed by atoms with Gasteiger partial charge in [-0.1, -0.05) is 109 Å². The van der Waals surface area contributed by atoms with Gasteiger partial charge in [-0.15, -0.1) is 0 Å². The van der Waals surface area contributed by atoms with E-state index in [1.165, 1.54) is 129 Å². The first-order chi connectivity index (χ1) is 16.8. The molecule has 0 unspecified atom stereocenters. The summed E-state index contributed by atoms with van der Waals surface area (Å²) in [6.45, 7) is 3.33. The number of unbranched alkanes of at least 4 members (excludes halogenated alkanes) is 4. The average Bonchev–Trinajstić information content (AvgIpc) is 3.67.